The van der Waals surface area contributed by atoms with Gasteiger partial charge in [-0.25, -0.2) is 4.79 Å². The van der Waals surface area contributed by atoms with Gasteiger partial charge in [0.1, 0.15) is 5.75 Å². The van der Waals surface area contributed by atoms with Crippen LogP contribution in [0.3, 0.4) is 0 Å². The minimum absolute atomic E-state index is 0.00772. The van der Waals surface area contributed by atoms with Gasteiger partial charge < -0.3 is 9.47 Å². The molecular formula is C18H21O3S+. The highest BCUT2D eigenvalue weighted by atomic mass is 32.2. The lowest BCUT2D eigenvalue weighted by Crippen LogP contribution is -2.20. The molecule has 2 aromatic rings. The average Bonchev–Trinajstić information content (AvgIpc) is 3.00. The molecule has 2 aromatic carbocycles. The Hall–Kier alpha value is -1.68. The molecule has 2 atom stereocenters. The van der Waals surface area contributed by atoms with E-state index in [4.69, 9.17) is 9.47 Å². The molecule has 3 nitrogen and oxygen atoms in total. The maximum absolute atomic E-state index is 11.6. The second-order valence-corrected chi connectivity index (χ2v) is 7.63. The highest BCUT2D eigenvalue weighted by Gasteiger charge is 2.38. The molecular weight excluding hydrogens is 296 g/mol. The van der Waals surface area contributed by atoms with Crippen molar-refractivity contribution in [2.75, 3.05) is 18.1 Å². The second kappa shape index (κ2) is 7.05. The van der Waals surface area contributed by atoms with Crippen LogP contribution in [0.1, 0.15) is 19.8 Å². The van der Waals surface area contributed by atoms with Crippen molar-refractivity contribution in [2.45, 2.75) is 30.8 Å². The standard InChI is InChI=1S/C18H21O3S/c1-2-11-20-18(19)21-15-10-12-22(13-15)17-9-5-7-14-6-3-4-8-16(14)17/h3-9,15H,2,10-13H2,1H3/q+1. The van der Waals surface area contributed by atoms with Crippen LogP contribution in [0.2, 0.25) is 0 Å². The van der Waals surface area contributed by atoms with E-state index in [1.165, 1.54) is 15.7 Å². The van der Waals surface area contributed by atoms with Crippen LogP contribution in [0.15, 0.2) is 47.4 Å². The zero-order chi connectivity index (χ0) is 15.4. The van der Waals surface area contributed by atoms with Gasteiger partial charge in [-0.1, -0.05) is 37.3 Å². The summed E-state index contributed by atoms with van der Waals surface area (Å²) < 4.78 is 10.4. The van der Waals surface area contributed by atoms with Gasteiger partial charge in [0.05, 0.1) is 6.61 Å². The number of hydrogen-bond acceptors (Lipinski definition) is 3. The van der Waals surface area contributed by atoms with Gasteiger partial charge in [-0.05, 0) is 23.9 Å². The van der Waals surface area contributed by atoms with Gasteiger partial charge in [0.2, 0.25) is 0 Å². The summed E-state index contributed by atoms with van der Waals surface area (Å²) in [6, 6.07) is 15.0. The number of ether oxygens (including phenoxy) is 2. The summed E-state index contributed by atoms with van der Waals surface area (Å²) in [5.41, 5.74) is 0. The van der Waals surface area contributed by atoms with Crippen LogP contribution in [0.25, 0.3) is 10.8 Å². The Morgan fingerprint density at radius 1 is 1.23 bits per heavy atom. The van der Waals surface area contributed by atoms with Crippen LogP contribution in [0.4, 0.5) is 4.79 Å². The predicted molar refractivity (Wildman–Crippen MR) is 90.4 cm³/mol. The topological polar surface area (TPSA) is 35.5 Å². The van der Waals surface area contributed by atoms with Crippen LogP contribution in [-0.4, -0.2) is 30.4 Å². The van der Waals surface area contributed by atoms with E-state index < -0.39 is 6.16 Å². The van der Waals surface area contributed by atoms with Crippen molar-refractivity contribution in [1.29, 1.82) is 0 Å². The first-order valence-corrected chi connectivity index (χ1v) is 9.33. The van der Waals surface area contributed by atoms with E-state index >= 15 is 0 Å². The molecule has 1 aliphatic heterocycles. The first-order valence-electron chi connectivity index (χ1n) is 7.76. The highest BCUT2D eigenvalue weighted by Crippen LogP contribution is 2.30. The van der Waals surface area contributed by atoms with Crippen molar-refractivity contribution in [3.8, 4) is 0 Å². The predicted octanol–water partition coefficient (Wildman–Crippen LogP) is 4.15. The smallest absolute Gasteiger partial charge is 0.434 e. The van der Waals surface area contributed by atoms with E-state index in [2.05, 4.69) is 42.5 Å². The SMILES string of the molecule is CCCOC(=O)OC1CC[S+](c2cccc3ccccc23)C1. The molecule has 22 heavy (non-hydrogen) atoms. The van der Waals surface area contributed by atoms with Crippen molar-refractivity contribution in [3.63, 3.8) is 0 Å². The normalized spacial score (nSPS) is 21.0. The second-order valence-electron chi connectivity index (χ2n) is 5.47. The molecule has 2 unspecified atom stereocenters. The molecule has 1 aliphatic rings. The lowest BCUT2D eigenvalue weighted by Gasteiger charge is -2.09. The van der Waals surface area contributed by atoms with Crippen LogP contribution >= 0.6 is 0 Å². The van der Waals surface area contributed by atoms with Gasteiger partial charge >= 0.3 is 6.16 Å². The van der Waals surface area contributed by atoms with Gasteiger partial charge in [-0.2, -0.15) is 0 Å². The number of carbonyl (C=O) groups excluding carboxylic acids is 1. The van der Waals surface area contributed by atoms with E-state index in [-0.39, 0.29) is 17.0 Å². The Bertz CT molecular complexity index is 650. The lowest BCUT2D eigenvalue weighted by atomic mass is 10.1. The number of benzene rings is 2. The molecule has 0 N–H and O–H groups in total. The zero-order valence-corrected chi connectivity index (χ0v) is 13.6. The molecule has 0 saturated carbocycles. The zero-order valence-electron chi connectivity index (χ0n) is 12.8. The minimum atomic E-state index is -0.518. The fourth-order valence-electron chi connectivity index (χ4n) is 2.76. The lowest BCUT2D eigenvalue weighted by molar-refractivity contribution is 0.0315. The summed E-state index contributed by atoms with van der Waals surface area (Å²) >= 11 is 0. The van der Waals surface area contributed by atoms with E-state index in [0.717, 1.165) is 24.3 Å². The summed E-state index contributed by atoms with van der Waals surface area (Å²) in [5, 5.41) is 2.60. The molecule has 1 saturated heterocycles. The summed E-state index contributed by atoms with van der Waals surface area (Å²) in [7, 11) is 0.150. The summed E-state index contributed by atoms with van der Waals surface area (Å²) in [4.78, 5) is 13.0. The molecule has 1 heterocycles. The molecule has 0 aliphatic carbocycles. The number of carbonyl (C=O) groups is 1. The van der Waals surface area contributed by atoms with E-state index in [1.807, 2.05) is 6.92 Å². The molecule has 0 spiro atoms. The quantitative estimate of drug-likeness (QED) is 0.627. The van der Waals surface area contributed by atoms with Crippen LogP contribution in [-0.2, 0) is 20.4 Å². The first-order chi connectivity index (χ1) is 10.8. The number of rotatable bonds is 4. The maximum atomic E-state index is 11.6. The summed E-state index contributed by atoms with van der Waals surface area (Å²) in [6.45, 7) is 2.40. The van der Waals surface area contributed by atoms with Gasteiger partial charge in [-0.15, -0.1) is 0 Å². The highest BCUT2D eigenvalue weighted by molar-refractivity contribution is 7.97. The number of fused-ring (bicyclic) bond motifs is 1. The third kappa shape index (κ3) is 3.38. The van der Waals surface area contributed by atoms with Gasteiger partial charge in [0.25, 0.3) is 0 Å². The molecule has 116 valence electrons. The molecule has 0 bridgehead atoms. The first kappa shape index (κ1) is 15.2. The monoisotopic (exact) mass is 317 g/mol. The van der Waals surface area contributed by atoms with Crippen LogP contribution in [0, 0.1) is 0 Å². The number of hydrogen-bond donors (Lipinski definition) is 0. The van der Waals surface area contributed by atoms with Crippen molar-refractivity contribution >= 4 is 27.8 Å². The Labute approximate surface area is 134 Å². The Kier molecular flexibility index (Phi) is 4.88. The van der Waals surface area contributed by atoms with Gasteiger partial charge in [0, 0.05) is 22.7 Å². The average molecular weight is 317 g/mol. The van der Waals surface area contributed by atoms with Crippen LogP contribution in [0.5, 0.6) is 0 Å². The van der Waals surface area contributed by atoms with Crippen molar-refractivity contribution in [1.82, 2.24) is 0 Å². The maximum Gasteiger partial charge on any atom is 0.508 e. The largest absolute Gasteiger partial charge is 0.508 e. The molecule has 1 fully saturated rings. The van der Waals surface area contributed by atoms with Crippen molar-refractivity contribution in [3.05, 3.63) is 42.5 Å². The summed E-state index contributed by atoms with van der Waals surface area (Å²) in [6.07, 6.45) is 1.22. The fourth-order valence-corrected chi connectivity index (χ4v) is 5.33. The Balaban J connectivity index is 1.68. The van der Waals surface area contributed by atoms with Gasteiger partial charge in [0.15, 0.2) is 16.8 Å². The summed E-state index contributed by atoms with van der Waals surface area (Å²) in [5.74, 6) is 2.00. The molecule has 0 aromatic heterocycles. The van der Waals surface area contributed by atoms with Gasteiger partial charge in [-0.3, -0.25) is 0 Å². The molecule has 0 amide bonds. The van der Waals surface area contributed by atoms with E-state index in [0.29, 0.717) is 6.61 Å². The Morgan fingerprint density at radius 3 is 2.91 bits per heavy atom. The Morgan fingerprint density at radius 2 is 2.05 bits per heavy atom. The van der Waals surface area contributed by atoms with Crippen LogP contribution < -0.4 is 0 Å². The molecule has 4 heteroatoms. The third-order valence-electron chi connectivity index (χ3n) is 3.82. The van der Waals surface area contributed by atoms with E-state index in [9.17, 15) is 4.79 Å². The molecule has 3 rings (SSSR count). The van der Waals surface area contributed by atoms with Crippen molar-refractivity contribution < 1.29 is 14.3 Å². The van der Waals surface area contributed by atoms with Crippen molar-refractivity contribution in [2.24, 2.45) is 0 Å². The minimum Gasteiger partial charge on any atom is -0.434 e. The fraction of sp³-hybridized carbons (Fsp3) is 0.389. The van der Waals surface area contributed by atoms with E-state index in [1.54, 1.807) is 0 Å². The third-order valence-corrected chi connectivity index (χ3v) is 6.30. The molecule has 0 radical (unpaired) electrons.